The molecule has 0 saturated carbocycles. The molecule has 0 aliphatic carbocycles. The maximum atomic E-state index is 8.60. The number of rotatable bonds is 6. The molecule has 0 amide bonds. The molecule has 0 aliphatic rings. The normalized spacial score (nSPS) is 14.8. The third-order valence-corrected chi connectivity index (χ3v) is 2.02. The van der Waals surface area contributed by atoms with Crippen LogP contribution in [0.3, 0.4) is 0 Å². The van der Waals surface area contributed by atoms with E-state index >= 15 is 0 Å². The molecule has 74 valence electrons. The van der Waals surface area contributed by atoms with Gasteiger partial charge in [0, 0.05) is 6.42 Å². The smallest absolute Gasteiger partial charge is 0.275 e. The van der Waals surface area contributed by atoms with Gasteiger partial charge < -0.3 is 15.3 Å². The molecular weight excluding hydrogens is 156 g/mol. The average molecular weight is 176 g/mol. The molecule has 0 spiro atoms. The van der Waals surface area contributed by atoms with Crippen molar-refractivity contribution in [1.29, 1.82) is 0 Å². The summed E-state index contributed by atoms with van der Waals surface area (Å²) in [7, 11) is 0. The highest BCUT2D eigenvalue weighted by Gasteiger charge is 2.18. The summed E-state index contributed by atoms with van der Waals surface area (Å²) in [4.78, 5) is 0. The van der Waals surface area contributed by atoms with Gasteiger partial charge in [-0.1, -0.05) is 33.1 Å². The summed E-state index contributed by atoms with van der Waals surface area (Å²) in [5.41, 5.74) is 0. The molecule has 0 fully saturated rings. The first-order chi connectivity index (χ1) is 5.45. The Kier molecular flexibility index (Phi) is 5.46. The van der Waals surface area contributed by atoms with E-state index in [1.54, 1.807) is 0 Å². The molecule has 0 heterocycles. The van der Waals surface area contributed by atoms with Crippen LogP contribution in [0, 0.1) is 5.92 Å². The minimum Gasteiger partial charge on any atom is -0.344 e. The minimum atomic E-state index is -2.47. The van der Waals surface area contributed by atoms with E-state index in [0.29, 0.717) is 12.3 Å². The van der Waals surface area contributed by atoms with Gasteiger partial charge in [0.15, 0.2) is 0 Å². The highest BCUT2D eigenvalue weighted by Crippen LogP contribution is 2.17. The molecule has 0 radical (unpaired) electrons. The Morgan fingerprint density at radius 2 is 1.75 bits per heavy atom. The summed E-state index contributed by atoms with van der Waals surface area (Å²) in [6, 6.07) is 0. The fourth-order valence-electron chi connectivity index (χ4n) is 1.14. The summed E-state index contributed by atoms with van der Waals surface area (Å²) in [5.74, 6) is -2.02. The lowest BCUT2D eigenvalue weighted by Gasteiger charge is -2.16. The largest absolute Gasteiger partial charge is 0.344 e. The summed E-state index contributed by atoms with van der Waals surface area (Å²) in [6.07, 6.45) is 4.11. The van der Waals surface area contributed by atoms with E-state index in [2.05, 4.69) is 13.8 Å². The molecule has 1 atom stereocenters. The second-order valence-electron chi connectivity index (χ2n) is 3.56. The van der Waals surface area contributed by atoms with Crippen LogP contribution in [0.1, 0.15) is 46.0 Å². The summed E-state index contributed by atoms with van der Waals surface area (Å²) < 4.78 is 0. The molecule has 0 aromatic rings. The standard InChI is InChI=1S/C9H20O3/c1-3-4-5-8(2)6-7-9(10,11)12/h8,10-12H,3-7H2,1-2H3. The summed E-state index contributed by atoms with van der Waals surface area (Å²) in [5, 5.41) is 25.8. The molecule has 3 nitrogen and oxygen atoms in total. The molecule has 12 heavy (non-hydrogen) atoms. The van der Waals surface area contributed by atoms with E-state index in [0.717, 1.165) is 19.3 Å². The topological polar surface area (TPSA) is 60.7 Å². The lowest BCUT2D eigenvalue weighted by atomic mass is 9.98. The van der Waals surface area contributed by atoms with Crippen LogP contribution < -0.4 is 0 Å². The van der Waals surface area contributed by atoms with Gasteiger partial charge in [-0.25, -0.2) is 0 Å². The third-order valence-electron chi connectivity index (χ3n) is 2.02. The minimum absolute atomic E-state index is 0.0396. The molecular formula is C9H20O3. The zero-order valence-electron chi connectivity index (χ0n) is 7.95. The fraction of sp³-hybridized carbons (Fsp3) is 1.00. The molecule has 0 aliphatic heterocycles. The highest BCUT2D eigenvalue weighted by molar-refractivity contribution is 4.56. The van der Waals surface area contributed by atoms with Crippen LogP contribution in [0.25, 0.3) is 0 Å². The van der Waals surface area contributed by atoms with E-state index in [-0.39, 0.29) is 6.42 Å². The third kappa shape index (κ3) is 7.98. The number of unbranched alkanes of at least 4 members (excludes halogenated alkanes) is 1. The van der Waals surface area contributed by atoms with E-state index in [1.807, 2.05) is 0 Å². The Labute approximate surface area is 74.0 Å². The Hall–Kier alpha value is -0.120. The van der Waals surface area contributed by atoms with Crippen LogP contribution >= 0.6 is 0 Å². The fourth-order valence-corrected chi connectivity index (χ4v) is 1.14. The predicted octanol–water partition coefficient (Wildman–Crippen LogP) is 1.22. The Balaban J connectivity index is 3.37. The van der Waals surface area contributed by atoms with Crippen molar-refractivity contribution < 1.29 is 15.3 Å². The predicted molar refractivity (Wildman–Crippen MR) is 47.3 cm³/mol. The number of hydrogen-bond donors (Lipinski definition) is 3. The van der Waals surface area contributed by atoms with Crippen LogP contribution in [0.5, 0.6) is 0 Å². The molecule has 0 bridgehead atoms. The van der Waals surface area contributed by atoms with Crippen LogP contribution in [0.15, 0.2) is 0 Å². The van der Waals surface area contributed by atoms with Gasteiger partial charge in [-0.15, -0.1) is 0 Å². The second kappa shape index (κ2) is 5.51. The summed E-state index contributed by atoms with van der Waals surface area (Å²) >= 11 is 0. The SMILES string of the molecule is CCCCC(C)CCC(O)(O)O. The Morgan fingerprint density at radius 3 is 2.17 bits per heavy atom. The molecule has 0 rings (SSSR count). The van der Waals surface area contributed by atoms with Crippen molar-refractivity contribution >= 4 is 0 Å². The van der Waals surface area contributed by atoms with E-state index in [4.69, 9.17) is 15.3 Å². The van der Waals surface area contributed by atoms with Crippen LogP contribution in [0.4, 0.5) is 0 Å². The van der Waals surface area contributed by atoms with Crippen molar-refractivity contribution in [2.24, 2.45) is 5.92 Å². The van der Waals surface area contributed by atoms with E-state index < -0.39 is 5.97 Å². The van der Waals surface area contributed by atoms with Crippen molar-refractivity contribution in [2.45, 2.75) is 51.9 Å². The first-order valence-electron chi connectivity index (χ1n) is 4.63. The average Bonchev–Trinajstić information content (AvgIpc) is 1.95. The van der Waals surface area contributed by atoms with Crippen molar-refractivity contribution in [2.75, 3.05) is 0 Å². The van der Waals surface area contributed by atoms with Crippen molar-refractivity contribution in [3.63, 3.8) is 0 Å². The number of aliphatic hydroxyl groups is 3. The molecule has 0 saturated heterocycles. The van der Waals surface area contributed by atoms with Gasteiger partial charge >= 0.3 is 0 Å². The molecule has 1 unspecified atom stereocenters. The van der Waals surface area contributed by atoms with Gasteiger partial charge in [0.2, 0.25) is 0 Å². The monoisotopic (exact) mass is 176 g/mol. The highest BCUT2D eigenvalue weighted by atomic mass is 16.7. The molecule has 3 N–H and O–H groups in total. The quantitative estimate of drug-likeness (QED) is 0.533. The van der Waals surface area contributed by atoms with Gasteiger partial charge in [-0.05, 0) is 12.3 Å². The first kappa shape index (κ1) is 11.9. The molecule has 0 aromatic carbocycles. The van der Waals surface area contributed by atoms with E-state index in [9.17, 15) is 0 Å². The zero-order chi connectivity index (χ0) is 9.61. The van der Waals surface area contributed by atoms with Crippen LogP contribution in [-0.2, 0) is 0 Å². The van der Waals surface area contributed by atoms with Gasteiger partial charge in [0.25, 0.3) is 5.97 Å². The first-order valence-corrected chi connectivity index (χ1v) is 4.63. The Bertz CT molecular complexity index is 107. The van der Waals surface area contributed by atoms with Crippen molar-refractivity contribution in [3.05, 3.63) is 0 Å². The lowest BCUT2D eigenvalue weighted by molar-refractivity contribution is -0.315. The lowest BCUT2D eigenvalue weighted by Crippen LogP contribution is -2.27. The second-order valence-corrected chi connectivity index (χ2v) is 3.56. The van der Waals surface area contributed by atoms with Gasteiger partial charge in [-0.3, -0.25) is 0 Å². The maximum Gasteiger partial charge on any atom is 0.275 e. The van der Waals surface area contributed by atoms with Gasteiger partial charge in [-0.2, -0.15) is 0 Å². The van der Waals surface area contributed by atoms with Gasteiger partial charge in [0.1, 0.15) is 0 Å². The molecule has 3 heteroatoms. The van der Waals surface area contributed by atoms with Crippen LogP contribution in [0.2, 0.25) is 0 Å². The zero-order valence-corrected chi connectivity index (χ0v) is 7.95. The van der Waals surface area contributed by atoms with E-state index in [1.165, 1.54) is 0 Å². The summed E-state index contributed by atoms with van der Waals surface area (Å²) in [6.45, 7) is 4.18. The van der Waals surface area contributed by atoms with Crippen molar-refractivity contribution in [3.8, 4) is 0 Å². The Morgan fingerprint density at radius 1 is 1.17 bits per heavy atom. The van der Waals surface area contributed by atoms with Gasteiger partial charge in [0.05, 0.1) is 0 Å². The van der Waals surface area contributed by atoms with Crippen molar-refractivity contribution in [1.82, 2.24) is 0 Å². The van der Waals surface area contributed by atoms with Crippen LogP contribution in [-0.4, -0.2) is 21.3 Å². The maximum absolute atomic E-state index is 8.60. The molecule has 0 aromatic heterocycles. The number of hydrogen-bond acceptors (Lipinski definition) is 3.